The van der Waals surface area contributed by atoms with Crippen molar-refractivity contribution in [1.82, 2.24) is 24.5 Å². The smallest absolute Gasteiger partial charge is 0.326 e. The van der Waals surface area contributed by atoms with Gasteiger partial charge < -0.3 is 5.32 Å². The Hall–Kier alpha value is -2.90. The average Bonchev–Trinajstić information content (AvgIpc) is 3.15. The summed E-state index contributed by atoms with van der Waals surface area (Å²) in [6, 6.07) is 5.52. The van der Waals surface area contributed by atoms with E-state index in [0.717, 1.165) is 28.8 Å². The Labute approximate surface area is 143 Å². The minimum absolute atomic E-state index is 0.0271. The van der Waals surface area contributed by atoms with Crippen molar-refractivity contribution < 1.29 is 4.79 Å². The van der Waals surface area contributed by atoms with E-state index in [1.807, 2.05) is 18.2 Å². The minimum atomic E-state index is -0.136. The number of aryl methyl sites for hydroxylation is 2. The molecule has 2 heterocycles. The van der Waals surface area contributed by atoms with Gasteiger partial charge in [-0.1, -0.05) is 6.92 Å². The van der Waals surface area contributed by atoms with Gasteiger partial charge in [-0.25, -0.2) is 4.79 Å². The van der Waals surface area contributed by atoms with Crippen molar-refractivity contribution in [3.63, 3.8) is 0 Å². The Morgan fingerprint density at radius 3 is 2.80 bits per heavy atom. The maximum atomic E-state index is 12.7. The van der Waals surface area contributed by atoms with Gasteiger partial charge in [-0.05, 0) is 24.6 Å². The van der Waals surface area contributed by atoms with Crippen LogP contribution in [0.3, 0.4) is 0 Å². The molecule has 2 unspecified atom stereocenters. The van der Waals surface area contributed by atoms with E-state index >= 15 is 0 Å². The Morgan fingerprint density at radius 1 is 1.24 bits per heavy atom. The number of carbonyl (C=O) groups is 1. The molecule has 130 valence electrons. The highest BCUT2D eigenvalue weighted by molar-refractivity contribution is 5.95. The lowest BCUT2D eigenvalue weighted by atomic mass is 9.82. The number of aromatic nitrogens is 5. The number of imidazole rings is 1. The molecule has 4 rings (SSSR count). The van der Waals surface area contributed by atoms with E-state index in [0.29, 0.717) is 12.1 Å². The third-order valence-electron chi connectivity index (χ3n) is 5.11. The molecule has 8 nitrogen and oxygen atoms in total. The van der Waals surface area contributed by atoms with Crippen LogP contribution in [0.25, 0.3) is 11.0 Å². The van der Waals surface area contributed by atoms with Gasteiger partial charge in [-0.15, -0.1) is 0 Å². The normalized spacial score (nSPS) is 19.8. The molecule has 3 aromatic rings. The highest BCUT2D eigenvalue weighted by Crippen LogP contribution is 2.32. The van der Waals surface area contributed by atoms with Crippen molar-refractivity contribution in [3.05, 3.63) is 40.1 Å². The number of amides is 1. The number of rotatable bonds is 2. The molecule has 25 heavy (non-hydrogen) atoms. The van der Waals surface area contributed by atoms with E-state index in [-0.39, 0.29) is 23.4 Å². The first-order chi connectivity index (χ1) is 12.0. The predicted molar refractivity (Wildman–Crippen MR) is 93.4 cm³/mol. The highest BCUT2D eigenvalue weighted by Gasteiger charge is 2.31. The molecule has 1 amide bonds. The van der Waals surface area contributed by atoms with Crippen LogP contribution in [0, 0.1) is 5.92 Å². The van der Waals surface area contributed by atoms with E-state index in [1.54, 1.807) is 23.2 Å². The lowest BCUT2D eigenvalue weighted by molar-refractivity contribution is -0.120. The first-order valence-electron chi connectivity index (χ1n) is 8.31. The monoisotopic (exact) mass is 340 g/mol. The standard InChI is InChI=1S/C17H20N6O2/c1-9-6-10(7-12-15(9)20-21-19-12)16(24)18-11-4-5-13-14(8-11)23(3)17(25)22(13)2/h4-5,8-10H,6-7H2,1-3H3,(H,18,24)(H,19,20,21). The van der Waals surface area contributed by atoms with Crippen LogP contribution in [-0.2, 0) is 25.3 Å². The number of nitrogens with zero attached hydrogens (tertiary/aromatic N) is 4. The molecule has 0 radical (unpaired) electrons. The molecule has 0 aliphatic heterocycles. The summed E-state index contributed by atoms with van der Waals surface area (Å²) in [5.41, 5.74) is 4.07. The minimum Gasteiger partial charge on any atom is -0.326 e. The number of hydrogen-bond acceptors (Lipinski definition) is 4. The quantitative estimate of drug-likeness (QED) is 0.735. The summed E-state index contributed by atoms with van der Waals surface area (Å²) in [7, 11) is 3.47. The molecular formula is C17H20N6O2. The highest BCUT2D eigenvalue weighted by atomic mass is 16.2. The van der Waals surface area contributed by atoms with Gasteiger partial charge in [0.2, 0.25) is 5.91 Å². The Balaban J connectivity index is 1.58. The summed E-state index contributed by atoms with van der Waals surface area (Å²) in [5, 5.41) is 14.0. The molecule has 0 bridgehead atoms. The zero-order valence-electron chi connectivity index (χ0n) is 14.4. The molecule has 0 fully saturated rings. The Bertz CT molecular complexity index is 1030. The van der Waals surface area contributed by atoms with Crippen LogP contribution < -0.4 is 11.0 Å². The molecule has 1 aliphatic carbocycles. The summed E-state index contributed by atoms with van der Waals surface area (Å²) in [5.74, 6) is 0.0411. The van der Waals surface area contributed by atoms with Crippen LogP contribution >= 0.6 is 0 Å². The molecule has 2 N–H and O–H groups in total. The maximum absolute atomic E-state index is 12.7. The second kappa shape index (κ2) is 5.58. The van der Waals surface area contributed by atoms with Crippen LogP contribution in [0.15, 0.2) is 23.0 Å². The summed E-state index contributed by atoms with van der Waals surface area (Å²) in [4.78, 5) is 24.7. The lowest BCUT2D eigenvalue weighted by Crippen LogP contribution is -2.29. The summed E-state index contributed by atoms with van der Waals surface area (Å²) < 4.78 is 3.17. The van der Waals surface area contributed by atoms with E-state index in [4.69, 9.17) is 0 Å². The molecule has 1 aromatic carbocycles. The van der Waals surface area contributed by atoms with Gasteiger partial charge in [0, 0.05) is 38.0 Å². The predicted octanol–water partition coefficient (Wildman–Crippen LogP) is 1.30. The lowest BCUT2D eigenvalue weighted by Gasteiger charge is -2.24. The van der Waals surface area contributed by atoms with Crippen molar-refractivity contribution in [2.24, 2.45) is 20.0 Å². The van der Waals surface area contributed by atoms with Crippen molar-refractivity contribution in [2.45, 2.75) is 25.7 Å². The number of fused-ring (bicyclic) bond motifs is 2. The Kier molecular flexibility index (Phi) is 3.48. The molecule has 2 atom stereocenters. The zero-order valence-corrected chi connectivity index (χ0v) is 14.4. The van der Waals surface area contributed by atoms with E-state index in [2.05, 4.69) is 27.7 Å². The summed E-state index contributed by atoms with van der Waals surface area (Å²) >= 11 is 0. The number of benzene rings is 1. The maximum Gasteiger partial charge on any atom is 0.328 e. The third kappa shape index (κ3) is 2.45. The van der Waals surface area contributed by atoms with Gasteiger partial charge in [-0.3, -0.25) is 13.9 Å². The van der Waals surface area contributed by atoms with Crippen LogP contribution in [0.5, 0.6) is 0 Å². The van der Waals surface area contributed by atoms with Crippen LogP contribution in [0.2, 0.25) is 0 Å². The fourth-order valence-corrected chi connectivity index (χ4v) is 3.69. The van der Waals surface area contributed by atoms with Crippen molar-refractivity contribution in [1.29, 1.82) is 0 Å². The molecule has 0 saturated carbocycles. The number of nitrogens with one attached hydrogen (secondary N) is 2. The number of aromatic amines is 1. The molecular weight excluding hydrogens is 320 g/mol. The van der Waals surface area contributed by atoms with Crippen LogP contribution in [-0.4, -0.2) is 30.5 Å². The fourth-order valence-electron chi connectivity index (χ4n) is 3.69. The molecule has 1 aliphatic rings. The number of anilines is 1. The molecule has 2 aromatic heterocycles. The number of H-pyrrole nitrogens is 1. The van der Waals surface area contributed by atoms with Crippen LogP contribution in [0.1, 0.15) is 30.7 Å². The van der Waals surface area contributed by atoms with Gasteiger partial charge in [0.05, 0.1) is 22.4 Å². The fraction of sp³-hybridized carbons (Fsp3) is 0.412. The van der Waals surface area contributed by atoms with Crippen molar-refractivity contribution >= 4 is 22.6 Å². The second-order valence-corrected chi connectivity index (χ2v) is 6.79. The second-order valence-electron chi connectivity index (χ2n) is 6.79. The Morgan fingerprint density at radius 2 is 2.00 bits per heavy atom. The van der Waals surface area contributed by atoms with E-state index in [1.165, 1.54) is 0 Å². The molecule has 8 heteroatoms. The van der Waals surface area contributed by atoms with E-state index < -0.39 is 0 Å². The number of hydrogen-bond donors (Lipinski definition) is 2. The van der Waals surface area contributed by atoms with Gasteiger partial charge >= 0.3 is 5.69 Å². The third-order valence-corrected chi connectivity index (χ3v) is 5.11. The summed E-state index contributed by atoms with van der Waals surface area (Å²) in [6.07, 6.45) is 1.34. The average molecular weight is 340 g/mol. The molecule has 0 saturated heterocycles. The van der Waals surface area contributed by atoms with Crippen molar-refractivity contribution in [2.75, 3.05) is 5.32 Å². The topological polar surface area (TPSA) is 97.6 Å². The first-order valence-corrected chi connectivity index (χ1v) is 8.31. The molecule has 0 spiro atoms. The largest absolute Gasteiger partial charge is 0.328 e. The first kappa shape index (κ1) is 15.6. The zero-order chi connectivity index (χ0) is 17.7. The van der Waals surface area contributed by atoms with Gasteiger partial charge in [-0.2, -0.15) is 15.4 Å². The van der Waals surface area contributed by atoms with Gasteiger partial charge in [0.15, 0.2) is 0 Å². The van der Waals surface area contributed by atoms with Gasteiger partial charge in [0.25, 0.3) is 0 Å². The SMILES string of the molecule is CC1CC(C(=O)Nc2ccc3c(c2)n(C)c(=O)n3C)Cc2n[nH]nc21. The van der Waals surface area contributed by atoms with Crippen molar-refractivity contribution in [3.8, 4) is 0 Å². The van der Waals surface area contributed by atoms with E-state index in [9.17, 15) is 9.59 Å². The van der Waals surface area contributed by atoms with Gasteiger partial charge in [0.1, 0.15) is 0 Å². The number of carbonyl (C=O) groups excluding carboxylic acids is 1. The van der Waals surface area contributed by atoms with Crippen LogP contribution in [0.4, 0.5) is 5.69 Å². The summed E-state index contributed by atoms with van der Waals surface area (Å²) in [6.45, 7) is 2.06.